The lowest BCUT2D eigenvalue weighted by molar-refractivity contribution is 0.0992. The molecular formula is C26H33N5O3. The molecule has 1 aromatic heterocycles. The molecule has 8 nitrogen and oxygen atoms in total. The zero-order valence-corrected chi connectivity index (χ0v) is 20.1. The fraction of sp³-hybridized carbons (Fsp3) is 0.346. The van der Waals surface area contributed by atoms with E-state index in [1.807, 2.05) is 56.3 Å². The van der Waals surface area contributed by atoms with Gasteiger partial charge in [0.25, 0.3) is 11.8 Å². The molecule has 3 aromatic rings. The fourth-order valence-electron chi connectivity index (χ4n) is 4.01. The van der Waals surface area contributed by atoms with E-state index in [1.165, 1.54) is 11.9 Å². The van der Waals surface area contributed by atoms with Crippen LogP contribution in [-0.4, -0.2) is 47.7 Å². The van der Waals surface area contributed by atoms with Crippen LogP contribution in [0.5, 0.6) is 0 Å². The molecule has 8 heteroatoms. The van der Waals surface area contributed by atoms with Crippen molar-refractivity contribution in [2.75, 3.05) is 31.6 Å². The van der Waals surface area contributed by atoms with Crippen molar-refractivity contribution in [3.05, 3.63) is 82.3 Å². The molecule has 180 valence electrons. The summed E-state index contributed by atoms with van der Waals surface area (Å²) in [6.07, 6.45) is 2.43. The number of ether oxygens (including phenoxy) is 1. The van der Waals surface area contributed by atoms with Crippen molar-refractivity contribution >= 4 is 17.6 Å². The highest BCUT2D eigenvalue weighted by molar-refractivity contribution is 6.07. The van der Waals surface area contributed by atoms with Crippen molar-refractivity contribution in [2.45, 2.75) is 33.7 Å². The molecule has 0 atom stereocenters. The van der Waals surface area contributed by atoms with Gasteiger partial charge in [0.05, 0.1) is 19.5 Å². The van der Waals surface area contributed by atoms with Gasteiger partial charge in [-0.1, -0.05) is 37.3 Å². The van der Waals surface area contributed by atoms with Gasteiger partial charge in [-0.3, -0.25) is 9.59 Å². The van der Waals surface area contributed by atoms with E-state index in [0.29, 0.717) is 12.1 Å². The number of aromatic nitrogens is 2. The van der Waals surface area contributed by atoms with Crippen LogP contribution in [0, 0.1) is 13.8 Å². The molecule has 4 rings (SSSR count). The van der Waals surface area contributed by atoms with Crippen molar-refractivity contribution in [2.24, 2.45) is 5.73 Å². The van der Waals surface area contributed by atoms with E-state index in [0.717, 1.165) is 49.4 Å². The highest BCUT2D eigenvalue weighted by Crippen LogP contribution is 2.20. The Morgan fingerprint density at radius 2 is 1.76 bits per heavy atom. The second-order valence-electron chi connectivity index (χ2n) is 8.18. The third-order valence-corrected chi connectivity index (χ3v) is 5.66. The fourth-order valence-corrected chi connectivity index (χ4v) is 4.01. The number of hydrogen-bond acceptors (Lipinski definition) is 5. The molecule has 0 aliphatic carbocycles. The average Bonchev–Trinajstić information content (AvgIpc) is 3.23. The number of nitrogens with two attached hydrogens (primary N) is 1. The molecule has 1 aliphatic heterocycles. The van der Waals surface area contributed by atoms with E-state index >= 15 is 0 Å². The molecule has 2 heterocycles. The number of amides is 2. The number of hydrogen-bond donors (Lipinski definition) is 3. The van der Waals surface area contributed by atoms with Crippen LogP contribution in [0.3, 0.4) is 0 Å². The summed E-state index contributed by atoms with van der Waals surface area (Å²) in [7, 11) is 0. The van der Waals surface area contributed by atoms with Gasteiger partial charge in [-0.15, -0.1) is 0 Å². The predicted molar refractivity (Wildman–Crippen MR) is 133 cm³/mol. The monoisotopic (exact) mass is 463 g/mol. The van der Waals surface area contributed by atoms with Crippen molar-refractivity contribution in [1.82, 2.24) is 14.9 Å². The maximum atomic E-state index is 12.7. The van der Waals surface area contributed by atoms with Crippen LogP contribution in [0.15, 0.2) is 48.8 Å². The second kappa shape index (κ2) is 12.1. The molecule has 2 aromatic carbocycles. The Kier molecular flexibility index (Phi) is 8.95. The summed E-state index contributed by atoms with van der Waals surface area (Å²) in [6, 6.07) is 13.4. The van der Waals surface area contributed by atoms with Gasteiger partial charge in [0.2, 0.25) is 0 Å². The first-order valence-electron chi connectivity index (χ1n) is 11.5. The number of aryl methyl sites for hydroxylation is 2. The number of nitrogens with zero attached hydrogens (tertiary/aromatic N) is 2. The largest absolute Gasteiger partial charge is 0.379 e. The number of carbonyl (C=O) groups excluding carboxylic acids is 2. The molecule has 1 fully saturated rings. The topological polar surface area (TPSA) is 111 Å². The van der Waals surface area contributed by atoms with Crippen LogP contribution in [-0.2, 0) is 17.7 Å². The smallest absolute Gasteiger partial charge is 0.269 e. The van der Waals surface area contributed by atoms with E-state index in [1.54, 1.807) is 4.57 Å². The molecule has 0 bridgehead atoms. The van der Waals surface area contributed by atoms with E-state index < -0.39 is 5.91 Å². The highest BCUT2D eigenvalue weighted by atomic mass is 16.5. The molecule has 34 heavy (non-hydrogen) atoms. The maximum Gasteiger partial charge on any atom is 0.269 e. The first kappa shape index (κ1) is 25.1. The Morgan fingerprint density at radius 3 is 2.26 bits per heavy atom. The molecular weight excluding hydrogens is 430 g/mol. The number of primary amides is 1. The van der Waals surface area contributed by atoms with Gasteiger partial charge in [0, 0.05) is 25.2 Å². The lowest BCUT2D eigenvalue weighted by Gasteiger charge is -2.11. The molecule has 0 radical (unpaired) electrons. The van der Waals surface area contributed by atoms with Crippen LogP contribution in [0.1, 0.15) is 50.0 Å². The number of rotatable bonds is 6. The predicted octanol–water partition coefficient (Wildman–Crippen LogP) is 3.07. The highest BCUT2D eigenvalue weighted by Gasteiger charge is 2.20. The van der Waals surface area contributed by atoms with E-state index in [-0.39, 0.29) is 17.4 Å². The number of benzene rings is 2. The molecule has 1 saturated heterocycles. The number of nitrogens with one attached hydrogen (secondary N) is 2. The summed E-state index contributed by atoms with van der Waals surface area (Å²) in [6.45, 7) is 10.3. The van der Waals surface area contributed by atoms with Crippen molar-refractivity contribution in [3.8, 4) is 0 Å². The number of imidazole rings is 1. The molecule has 0 unspecified atom stereocenters. The van der Waals surface area contributed by atoms with Gasteiger partial charge >= 0.3 is 0 Å². The number of morpholine rings is 1. The van der Waals surface area contributed by atoms with Gasteiger partial charge < -0.3 is 25.7 Å². The van der Waals surface area contributed by atoms with Crippen molar-refractivity contribution in [1.29, 1.82) is 0 Å². The zero-order valence-electron chi connectivity index (χ0n) is 20.1. The SMILES string of the molecule is C1COCCN1.CCc1c(C)cc(C(=O)Nc2ncn(Cc3ccccc3)c2C(N)=O)cc1C. The Bertz CT molecular complexity index is 1090. The van der Waals surface area contributed by atoms with Crippen LogP contribution < -0.4 is 16.4 Å². The summed E-state index contributed by atoms with van der Waals surface area (Å²) in [5, 5.41) is 5.89. The van der Waals surface area contributed by atoms with Gasteiger partial charge in [-0.25, -0.2) is 4.98 Å². The third kappa shape index (κ3) is 6.52. The Hall–Kier alpha value is -3.49. The standard InChI is InChI=1S/C22H24N4O2.C4H9NO/c1-4-18-14(2)10-17(11-15(18)3)22(28)25-21-19(20(23)27)26(13-24-21)12-16-8-6-5-7-9-16;1-3-6-4-2-5-1/h5-11,13H,4,12H2,1-3H3,(H2,23,27)(H,25,28);5H,1-4H2. The Labute approximate surface area is 200 Å². The summed E-state index contributed by atoms with van der Waals surface area (Å²) in [5.41, 5.74) is 10.6. The van der Waals surface area contributed by atoms with Gasteiger partial charge in [-0.05, 0) is 54.7 Å². The summed E-state index contributed by atoms with van der Waals surface area (Å²) in [4.78, 5) is 29.0. The van der Waals surface area contributed by atoms with E-state index in [9.17, 15) is 9.59 Å². The van der Waals surface area contributed by atoms with E-state index in [4.69, 9.17) is 10.5 Å². The van der Waals surface area contributed by atoms with Crippen LogP contribution in [0.2, 0.25) is 0 Å². The Balaban J connectivity index is 0.000000469. The Morgan fingerprint density at radius 1 is 1.12 bits per heavy atom. The minimum absolute atomic E-state index is 0.170. The normalized spacial score (nSPS) is 13.0. The third-order valence-electron chi connectivity index (χ3n) is 5.66. The average molecular weight is 464 g/mol. The molecule has 0 spiro atoms. The molecule has 0 saturated carbocycles. The minimum atomic E-state index is -0.641. The molecule has 2 amide bonds. The van der Waals surface area contributed by atoms with Crippen LogP contribution >= 0.6 is 0 Å². The second-order valence-corrected chi connectivity index (χ2v) is 8.18. The number of anilines is 1. The van der Waals surface area contributed by atoms with Gasteiger partial charge in [0.15, 0.2) is 11.5 Å². The summed E-state index contributed by atoms with van der Waals surface area (Å²) >= 11 is 0. The zero-order chi connectivity index (χ0) is 24.5. The quantitative estimate of drug-likeness (QED) is 0.520. The van der Waals surface area contributed by atoms with Crippen molar-refractivity contribution in [3.63, 3.8) is 0 Å². The van der Waals surface area contributed by atoms with Crippen molar-refractivity contribution < 1.29 is 14.3 Å². The van der Waals surface area contributed by atoms with Gasteiger partial charge in [-0.2, -0.15) is 0 Å². The molecule has 1 aliphatic rings. The maximum absolute atomic E-state index is 12.7. The lowest BCUT2D eigenvalue weighted by atomic mass is 9.97. The van der Waals surface area contributed by atoms with Crippen LogP contribution in [0.25, 0.3) is 0 Å². The van der Waals surface area contributed by atoms with Gasteiger partial charge in [0.1, 0.15) is 0 Å². The number of carbonyl (C=O) groups is 2. The minimum Gasteiger partial charge on any atom is -0.379 e. The lowest BCUT2D eigenvalue weighted by Crippen LogP contribution is -2.30. The summed E-state index contributed by atoms with van der Waals surface area (Å²) in [5.74, 6) is -0.790. The van der Waals surface area contributed by atoms with Crippen LogP contribution in [0.4, 0.5) is 5.82 Å². The first-order valence-corrected chi connectivity index (χ1v) is 11.5. The molecule has 4 N–H and O–H groups in total. The summed E-state index contributed by atoms with van der Waals surface area (Å²) < 4.78 is 6.65. The van der Waals surface area contributed by atoms with E-state index in [2.05, 4.69) is 22.5 Å². The first-order chi connectivity index (χ1) is 16.4.